The molecule has 0 aliphatic rings. The summed E-state index contributed by atoms with van der Waals surface area (Å²) in [6.45, 7) is 1.82. The molecule has 0 saturated heterocycles. The second-order valence-electron chi connectivity index (χ2n) is 3.82. The molecule has 0 aromatic carbocycles. The summed E-state index contributed by atoms with van der Waals surface area (Å²) >= 11 is 1.29. The minimum Gasteiger partial charge on any atom is -0.478 e. The minimum absolute atomic E-state index is 0.289. The highest BCUT2D eigenvalue weighted by Crippen LogP contribution is 2.14. The number of amides is 1. The highest BCUT2D eigenvalue weighted by Gasteiger charge is 2.09. The van der Waals surface area contributed by atoms with Gasteiger partial charge in [0.2, 0.25) is 0 Å². The Labute approximate surface area is 118 Å². The van der Waals surface area contributed by atoms with E-state index < -0.39 is 5.97 Å². The van der Waals surface area contributed by atoms with Gasteiger partial charge in [-0.2, -0.15) is 0 Å². The summed E-state index contributed by atoms with van der Waals surface area (Å²) in [7, 11) is 0. The van der Waals surface area contributed by atoms with Gasteiger partial charge in [-0.1, -0.05) is 6.07 Å². The topological polar surface area (TPSA) is 92.2 Å². The number of hydrogen-bond donors (Lipinski definition) is 2. The highest BCUT2D eigenvalue weighted by molar-refractivity contribution is 7.13. The summed E-state index contributed by atoms with van der Waals surface area (Å²) in [4.78, 5) is 31.0. The summed E-state index contributed by atoms with van der Waals surface area (Å²) in [5.74, 6) is -0.988. The van der Waals surface area contributed by atoms with E-state index in [2.05, 4.69) is 15.3 Å². The molecule has 0 unspecified atom stereocenters. The lowest BCUT2D eigenvalue weighted by atomic mass is 10.3. The number of carbonyl (C=O) groups excluding carboxylic acids is 1. The number of hydrogen-bond acceptors (Lipinski definition) is 5. The van der Waals surface area contributed by atoms with Crippen LogP contribution in [0.4, 0.5) is 5.82 Å². The molecule has 20 heavy (non-hydrogen) atoms. The molecule has 0 aliphatic carbocycles. The summed E-state index contributed by atoms with van der Waals surface area (Å²) in [5.41, 5.74) is 0.450. The van der Waals surface area contributed by atoms with Gasteiger partial charge in [-0.15, -0.1) is 11.3 Å². The maximum Gasteiger partial charge on any atom is 0.328 e. The fourth-order valence-corrected chi connectivity index (χ4v) is 2.09. The zero-order valence-corrected chi connectivity index (χ0v) is 11.3. The van der Waals surface area contributed by atoms with Crippen molar-refractivity contribution in [1.82, 2.24) is 9.97 Å². The first kappa shape index (κ1) is 13.9. The van der Waals surface area contributed by atoms with Crippen molar-refractivity contribution < 1.29 is 14.7 Å². The quantitative estimate of drug-likeness (QED) is 0.842. The summed E-state index contributed by atoms with van der Waals surface area (Å²) in [5, 5.41) is 12.0. The Morgan fingerprint density at radius 3 is 2.85 bits per heavy atom. The van der Waals surface area contributed by atoms with E-state index in [0.717, 1.165) is 11.1 Å². The van der Waals surface area contributed by atoms with Crippen LogP contribution in [0.25, 0.3) is 6.08 Å². The lowest BCUT2D eigenvalue weighted by molar-refractivity contribution is -0.131. The van der Waals surface area contributed by atoms with Crippen molar-refractivity contribution in [3.05, 3.63) is 46.1 Å². The number of rotatable bonds is 4. The molecular formula is C13H11N3O3S. The van der Waals surface area contributed by atoms with Gasteiger partial charge in [0.15, 0.2) is 0 Å². The Balaban J connectivity index is 2.11. The highest BCUT2D eigenvalue weighted by atomic mass is 32.1. The molecule has 0 fully saturated rings. The van der Waals surface area contributed by atoms with E-state index in [4.69, 9.17) is 5.11 Å². The van der Waals surface area contributed by atoms with Crippen LogP contribution in [-0.4, -0.2) is 27.0 Å². The van der Waals surface area contributed by atoms with E-state index in [1.165, 1.54) is 23.6 Å². The number of aryl methyl sites for hydroxylation is 1. The number of anilines is 1. The number of thiazole rings is 1. The van der Waals surface area contributed by atoms with Gasteiger partial charge < -0.3 is 10.4 Å². The van der Waals surface area contributed by atoms with Crippen molar-refractivity contribution in [2.24, 2.45) is 0 Å². The van der Waals surface area contributed by atoms with Crippen LogP contribution in [0, 0.1) is 6.92 Å². The third kappa shape index (κ3) is 3.72. The van der Waals surface area contributed by atoms with E-state index in [9.17, 15) is 9.59 Å². The van der Waals surface area contributed by atoms with Crippen LogP contribution in [0.3, 0.4) is 0 Å². The van der Waals surface area contributed by atoms with Crippen LogP contribution in [-0.2, 0) is 4.79 Å². The van der Waals surface area contributed by atoms with E-state index in [-0.39, 0.29) is 5.91 Å². The number of nitrogens with one attached hydrogen (secondary N) is 1. The summed E-state index contributed by atoms with van der Waals surface area (Å²) in [6.07, 6.45) is 3.85. The number of aliphatic carboxylic acids is 1. The Morgan fingerprint density at radius 1 is 1.40 bits per heavy atom. The zero-order valence-electron chi connectivity index (χ0n) is 10.5. The molecule has 6 nitrogen and oxygen atoms in total. The molecule has 2 N–H and O–H groups in total. The van der Waals surface area contributed by atoms with E-state index >= 15 is 0 Å². The monoisotopic (exact) mass is 289 g/mol. The molecule has 0 atom stereocenters. The predicted octanol–water partition coefficient (Wildman–Crippen LogP) is 2.20. The third-order valence-electron chi connectivity index (χ3n) is 2.25. The van der Waals surface area contributed by atoms with E-state index in [1.54, 1.807) is 18.2 Å². The zero-order chi connectivity index (χ0) is 14.5. The van der Waals surface area contributed by atoms with Crippen LogP contribution in [0.2, 0.25) is 0 Å². The van der Waals surface area contributed by atoms with Gasteiger partial charge in [0.05, 0.1) is 16.9 Å². The third-order valence-corrected chi connectivity index (χ3v) is 3.17. The lowest BCUT2D eigenvalue weighted by Gasteiger charge is -2.03. The number of carboxylic acid groups (broad SMARTS) is 1. The fraction of sp³-hybridized carbons (Fsp3) is 0.0769. The first-order valence-corrected chi connectivity index (χ1v) is 6.48. The minimum atomic E-state index is -1.05. The van der Waals surface area contributed by atoms with Crippen LogP contribution in [0.15, 0.2) is 30.5 Å². The number of carboxylic acids is 1. The van der Waals surface area contributed by atoms with Crippen LogP contribution >= 0.6 is 11.3 Å². The molecule has 7 heteroatoms. The first-order valence-electron chi connectivity index (χ1n) is 5.66. The van der Waals surface area contributed by atoms with Gasteiger partial charge in [0.25, 0.3) is 5.91 Å². The average molecular weight is 289 g/mol. The van der Waals surface area contributed by atoms with Gasteiger partial charge in [0.1, 0.15) is 10.7 Å². The van der Waals surface area contributed by atoms with E-state index in [1.807, 2.05) is 6.92 Å². The van der Waals surface area contributed by atoms with Crippen LogP contribution in [0.1, 0.15) is 20.4 Å². The van der Waals surface area contributed by atoms with E-state index in [0.29, 0.717) is 16.4 Å². The molecular weight excluding hydrogens is 278 g/mol. The molecule has 0 spiro atoms. The molecule has 1 amide bonds. The van der Waals surface area contributed by atoms with Gasteiger partial charge >= 0.3 is 5.97 Å². The van der Waals surface area contributed by atoms with Crippen molar-refractivity contribution in [2.45, 2.75) is 6.92 Å². The largest absolute Gasteiger partial charge is 0.478 e. The molecule has 102 valence electrons. The first-order chi connectivity index (χ1) is 9.54. The van der Waals surface area contributed by atoms with Crippen molar-refractivity contribution in [3.63, 3.8) is 0 Å². The van der Waals surface area contributed by atoms with Gasteiger partial charge in [-0.25, -0.2) is 14.8 Å². The van der Waals surface area contributed by atoms with Gasteiger partial charge in [0, 0.05) is 6.08 Å². The number of nitrogens with zero attached hydrogens (tertiary/aromatic N) is 2. The predicted molar refractivity (Wildman–Crippen MR) is 75.7 cm³/mol. The molecule has 0 saturated carbocycles. The number of pyridine rings is 1. The summed E-state index contributed by atoms with van der Waals surface area (Å²) < 4.78 is 0. The molecule has 2 heterocycles. The Hall–Kier alpha value is -2.54. The van der Waals surface area contributed by atoms with Crippen molar-refractivity contribution >= 4 is 35.1 Å². The molecule has 2 rings (SSSR count). The normalized spacial score (nSPS) is 10.7. The number of carbonyl (C=O) groups is 2. The smallest absolute Gasteiger partial charge is 0.328 e. The Kier molecular flexibility index (Phi) is 4.21. The molecule has 0 bridgehead atoms. The maximum atomic E-state index is 11.9. The molecule has 0 aliphatic heterocycles. The van der Waals surface area contributed by atoms with Crippen LogP contribution in [0.5, 0.6) is 0 Å². The van der Waals surface area contributed by atoms with Crippen molar-refractivity contribution in [2.75, 3.05) is 5.32 Å². The number of aromatic nitrogens is 2. The van der Waals surface area contributed by atoms with Gasteiger partial charge in [-0.05, 0) is 25.1 Å². The van der Waals surface area contributed by atoms with Crippen molar-refractivity contribution in [1.29, 1.82) is 0 Å². The van der Waals surface area contributed by atoms with Crippen LogP contribution < -0.4 is 5.32 Å². The van der Waals surface area contributed by atoms with Crippen molar-refractivity contribution in [3.8, 4) is 0 Å². The average Bonchev–Trinajstić information content (AvgIpc) is 2.84. The standard InChI is InChI=1S/C13H11N3O3S/c1-8-14-7-10(20-8)13(19)16-11-4-2-3-9(15-11)5-6-12(17)18/h2-7H,1H3,(H,17,18)(H,15,16,19)/b6-5+. The fourth-order valence-electron chi connectivity index (χ4n) is 1.41. The molecule has 2 aromatic heterocycles. The Bertz CT molecular complexity index is 679. The Morgan fingerprint density at radius 2 is 2.20 bits per heavy atom. The second kappa shape index (κ2) is 6.07. The summed E-state index contributed by atoms with van der Waals surface area (Å²) in [6, 6.07) is 4.96. The molecule has 0 radical (unpaired) electrons. The molecule has 2 aromatic rings. The maximum absolute atomic E-state index is 11.9. The van der Waals surface area contributed by atoms with Gasteiger partial charge in [-0.3, -0.25) is 4.79 Å². The second-order valence-corrected chi connectivity index (χ2v) is 5.05. The lowest BCUT2D eigenvalue weighted by Crippen LogP contribution is -2.11. The SMILES string of the molecule is Cc1ncc(C(=O)Nc2cccc(/C=C/C(=O)O)n2)s1.